The fourth-order valence-corrected chi connectivity index (χ4v) is 4.29. The molecule has 0 aliphatic heterocycles. The summed E-state index contributed by atoms with van der Waals surface area (Å²) in [4.78, 5) is 8.43. The minimum absolute atomic E-state index is 0.142. The van der Waals surface area contributed by atoms with Crippen molar-refractivity contribution in [2.75, 3.05) is 11.6 Å². The zero-order valence-corrected chi connectivity index (χ0v) is 18.6. The number of nitrogens with one attached hydrogen (secondary N) is 1. The molecule has 0 saturated carbocycles. The van der Waals surface area contributed by atoms with Crippen molar-refractivity contribution >= 4 is 34.3 Å². The van der Waals surface area contributed by atoms with E-state index in [0.29, 0.717) is 22.6 Å². The van der Waals surface area contributed by atoms with Gasteiger partial charge in [-0.3, -0.25) is 4.68 Å². The van der Waals surface area contributed by atoms with Crippen LogP contribution in [0.25, 0.3) is 22.0 Å². The number of fused-ring (bicyclic) bond motifs is 1. The molecule has 160 valence electrons. The lowest BCUT2D eigenvalue weighted by Crippen LogP contribution is -2.00. The van der Waals surface area contributed by atoms with Crippen LogP contribution in [0.3, 0.4) is 0 Å². The molecule has 1 N–H and O–H groups in total. The molecule has 4 rings (SSSR count). The van der Waals surface area contributed by atoms with Crippen LogP contribution in [-0.4, -0.2) is 26.0 Å². The largest absolute Gasteiger partial charge is 0.325 e. The molecule has 0 atom stereocenters. The van der Waals surface area contributed by atoms with Crippen LogP contribution in [-0.2, 0) is 12.8 Å². The summed E-state index contributed by atoms with van der Waals surface area (Å²) in [6.07, 6.45) is 4.89. The Labute approximate surface area is 183 Å². The summed E-state index contributed by atoms with van der Waals surface area (Å²) in [7, 11) is 1.79. The highest BCUT2D eigenvalue weighted by Crippen LogP contribution is 2.33. The maximum absolute atomic E-state index is 14.8. The van der Waals surface area contributed by atoms with Gasteiger partial charge in [-0.05, 0) is 53.6 Å². The molecule has 0 radical (unpaired) electrons. The number of aromatic nitrogens is 4. The monoisotopic (exact) mass is 439 g/mol. The van der Waals surface area contributed by atoms with Crippen LogP contribution in [0.1, 0.15) is 31.0 Å². The molecule has 0 fully saturated rings. The molecule has 0 unspecified atom stereocenters. The molecular weight excluding hydrogens is 416 g/mol. The van der Waals surface area contributed by atoms with Gasteiger partial charge < -0.3 is 5.32 Å². The molecule has 3 heterocycles. The van der Waals surface area contributed by atoms with Crippen LogP contribution < -0.4 is 5.32 Å². The highest BCUT2D eigenvalue weighted by atomic mass is 32.2. The zero-order valence-electron chi connectivity index (χ0n) is 17.8. The number of nitrogens with zero attached hydrogens (tertiary/aromatic N) is 4. The molecule has 0 aliphatic carbocycles. The summed E-state index contributed by atoms with van der Waals surface area (Å²) < 4.78 is 31.2. The summed E-state index contributed by atoms with van der Waals surface area (Å²) in [6, 6.07) is 8.56. The molecule has 3 aromatic heterocycles. The van der Waals surface area contributed by atoms with Crippen molar-refractivity contribution in [2.45, 2.75) is 25.5 Å². The second-order valence-electron chi connectivity index (χ2n) is 7.67. The maximum atomic E-state index is 14.8. The van der Waals surface area contributed by atoms with Crippen molar-refractivity contribution in [1.29, 1.82) is 0 Å². The van der Waals surface area contributed by atoms with Gasteiger partial charge in [0.05, 0.1) is 6.20 Å². The second kappa shape index (κ2) is 8.63. The Kier molecular flexibility index (Phi) is 5.91. The Morgan fingerprint density at radius 1 is 1.06 bits per heavy atom. The fourth-order valence-electron chi connectivity index (χ4n) is 3.77. The third-order valence-electron chi connectivity index (χ3n) is 5.04. The number of anilines is 2. The van der Waals surface area contributed by atoms with Gasteiger partial charge in [0.15, 0.2) is 5.82 Å². The van der Waals surface area contributed by atoms with Gasteiger partial charge in [0.1, 0.15) is 23.0 Å². The van der Waals surface area contributed by atoms with Gasteiger partial charge in [-0.15, -0.1) is 0 Å². The number of benzene rings is 1. The Morgan fingerprint density at radius 2 is 1.84 bits per heavy atom. The van der Waals surface area contributed by atoms with Gasteiger partial charge in [0.2, 0.25) is 0 Å². The van der Waals surface area contributed by atoms with Crippen molar-refractivity contribution in [3.63, 3.8) is 0 Å². The van der Waals surface area contributed by atoms with E-state index in [2.05, 4.69) is 20.4 Å². The van der Waals surface area contributed by atoms with Crippen LogP contribution in [0.15, 0.2) is 42.7 Å². The molecular formula is C23H23F2N5S. The van der Waals surface area contributed by atoms with Gasteiger partial charge in [-0.25, -0.2) is 18.7 Å². The molecule has 4 aromatic rings. The van der Waals surface area contributed by atoms with E-state index in [4.69, 9.17) is 0 Å². The zero-order chi connectivity index (χ0) is 22.1. The first-order valence-corrected chi connectivity index (χ1v) is 11.3. The highest BCUT2D eigenvalue weighted by Gasteiger charge is 2.18. The standard InChI is InChI=1S/C23H23F2N5S/c1-13(2)23-17-8-15(9-18(24)22(17)29-30(23)3)16-10-21(27-11-19(16)25)28-20-7-14(12-31-4)5-6-26-20/h5-11,13H,12H2,1-4H3,(H,26,27,28). The number of rotatable bonds is 6. The van der Waals surface area contributed by atoms with Gasteiger partial charge >= 0.3 is 0 Å². The van der Waals surface area contributed by atoms with Crippen LogP contribution in [0, 0.1) is 11.6 Å². The quantitative estimate of drug-likeness (QED) is 0.397. The van der Waals surface area contributed by atoms with Gasteiger partial charge in [0, 0.05) is 35.6 Å². The number of pyridine rings is 2. The van der Waals surface area contributed by atoms with Crippen molar-refractivity contribution in [3.8, 4) is 11.1 Å². The van der Waals surface area contributed by atoms with Gasteiger partial charge in [0.25, 0.3) is 0 Å². The van der Waals surface area contributed by atoms with E-state index in [0.717, 1.165) is 23.2 Å². The van der Waals surface area contributed by atoms with Crippen molar-refractivity contribution in [3.05, 3.63) is 65.6 Å². The Balaban J connectivity index is 1.76. The van der Waals surface area contributed by atoms with E-state index >= 15 is 0 Å². The van der Waals surface area contributed by atoms with Crippen molar-refractivity contribution in [2.24, 2.45) is 7.05 Å². The number of hydrogen-bond acceptors (Lipinski definition) is 5. The second-order valence-corrected chi connectivity index (χ2v) is 8.54. The number of aryl methyl sites for hydroxylation is 1. The number of hydrogen-bond donors (Lipinski definition) is 1. The third kappa shape index (κ3) is 4.25. The van der Waals surface area contributed by atoms with E-state index in [1.807, 2.05) is 32.2 Å². The first kappa shape index (κ1) is 21.2. The SMILES string of the molecule is CSCc1ccnc(Nc2cc(-c3cc(F)c4nn(C)c(C(C)C)c4c3)c(F)cn2)c1. The molecule has 1 aromatic carbocycles. The minimum Gasteiger partial charge on any atom is -0.325 e. The average molecular weight is 440 g/mol. The Bertz CT molecular complexity index is 1250. The molecule has 0 amide bonds. The summed E-state index contributed by atoms with van der Waals surface area (Å²) in [6.45, 7) is 4.04. The molecule has 31 heavy (non-hydrogen) atoms. The van der Waals surface area contributed by atoms with E-state index < -0.39 is 11.6 Å². The van der Waals surface area contributed by atoms with E-state index in [-0.39, 0.29) is 17.0 Å². The van der Waals surface area contributed by atoms with Gasteiger partial charge in [-0.1, -0.05) is 13.8 Å². The summed E-state index contributed by atoms with van der Waals surface area (Å²) in [5.74, 6) is 1.05. The molecule has 8 heteroatoms. The first-order valence-electron chi connectivity index (χ1n) is 9.90. The predicted molar refractivity (Wildman–Crippen MR) is 123 cm³/mol. The lowest BCUT2D eigenvalue weighted by Gasteiger charge is -2.10. The normalized spacial score (nSPS) is 11.5. The lowest BCUT2D eigenvalue weighted by molar-refractivity contribution is 0.622. The fraction of sp³-hybridized carbons (Fsp3) is 0.261. The highest BCUT2D eigenvalue weighted by molar-refractivity contribution is 7.97. The van der Waals surface area contributed by atoms with Crippen LogP contribution in [0.2, 0.25) is 0 Å². The smallest absolute Gasteiger partial charge is 0.151 e. The third-order valence-corrected chi connectivity index (χ3v) is 5.66. The Hall–Kier alpha value is -3.00. The number of thioether (sulfide) groups is 1. The maximum Gasteiger partial charge on any atom is 0.151 e. The van der Waals surface area contributed by atoms with E-state index in [1.165, 1.54) is 6.07 Å². The topological polar surface area (TPSA) is 55.6 Å². The van der Waals surface area contributed by atoms with Crippen molar-refractivity contribution in [1.82, 2.24) is 19.7 Å². The van der Waals surface area contributed by atoms with Crippen LogP contribution in [0.5, 0.6) is 0 Å². The van der Waals surface area contributed by atoms with E-state index in [9.17, 15) is 8.78 Å². The number of halogens is 2. The molecule has 0 saturated heterocycles. The summed E-state index contributed by atoms with van der Waals surface area (Å²) >= 11 is 1.72. The van der Waals surface area contributed by atoms with E-state index in [1.54, 1.807) is 41.8 Å². The molecule has 5 nitrogen and oxygen atoms in total. The predicted octanol–water partition coefficient (Wildman–Crippen LogP) is 6.04. The van der Waals surface area contributed by atoms with Crippen LogP contribution >= 0.6 is 11.8 Å². The summed E-state index contributed by atoms with van der Waals surface area (Å²) in [5, 5.41) is 8.10. The molecule has 0 aliphatic rings. The molecule has 0 spiro atoms. The van der Waals surface area contributed by atoms with Crippen LogP contribution in [0.4, 0.5) is 20.4 Å². The first-order chi connectivity index (χ1) is 14.9. The average Bonchev–Trinajstić information content (AvgIpc) is 3.06. The van der Waals surface area contributed by atoms with Crippen molar-refractivity contribution < 1.29 is 8.78 Å². The Morgan fingerprint density at radius 3 is 2.58 bits per heavy atom. The minimum atomic E-state index is -0.525. The van der Waals surface area contributed by atoms with Gasteiger partial charge in [-0.2, -0.15) is 16.9 Å². The lowest BCUT2D eigenvalue weighted by atomic mass is 10.00. The summed E-state index contributed by atoms with van der Waals surface area (Å²) in [5.41, 5.74) is 3.01. The molecule has 0 bridgehead atoms.